The minimum Gasteiger partial charge on any atom is -0.427 e. The molecule has 0 aliphatic carbocycles. The van der Waals surface area contributed by atoms with Crippen molar-refractivity contribution in [1.29, 1.82) is 0 Å². The molecule has 1 heterocycles. The van der Waals surface area contributed by atoms with Gasteiger partial charge in [0.2, 0.25) is 0 Å². The molecule has 0 aromatic heterocycles. The van der Waals surface area contributed by atoms with E-state index in [2.05, 4.69) is 4.90 Å². The lowest BCUT2D eigenvalue weighted by molar-refractivity contribution is -0.131. The summed E-state index contributed by atoms with van der Waals surface area (Å²) in [4.78, 5) is 27.6. The quantitative estimate of drug-likeness (QED) is 0.624. The molecule has 3 rings (SSSR count). The van der Waals surface area contributed by atoms with Gasteiger partial charge in [0.05, 0.1) is 10.7 Å². The second-order valence-corrected chi connectivity index (χ2v) is 6.26. The summed E-state index contributed by atoms with van der Waals surface area (Å²) >= 11 is 6.25. The molecule has 1 amide bonds. The van der Waals surface area contributed by atoms with E-state index in [4.69, 9.17) is 16.3 Å². The molecular weight excluding hydrogens is 340 g/mol. The molecule has 0 atom stereocenters. The normalized spacial score (nSPS) is 14.3. The van der Waals surface area contributed by atoms with Gasteiger partial charge in [0.1, 0.15) is 5.75 Å². The zero-order valence-electron chi connectivity index (χ0n) is 13.9. The van der Waals surface area contributed by atoms with Gasteiger partial charge >= 0.3 is 5.97 Å². The number of carbonyl (C=O) groups excluding carboxylic acids is 2. The minimum atomic E-state index is -0.380. The Balaban J connectivity index is 1.61. The van der Waals surface area contributed by atoms with Gasteiger partial charge in [-0.15, -0.1) is 0 Å². The molecule has 6 heteroatoms. The number of ether oxygens (including phenoxy) is 1. The zero-order chi connectivity index (χ0) is 17.8. The molecule has 5 nitrogen and oxygen atoms in total. The smallest absolute Gasteiger partial charge is 0.308 e. The van der Waals surface area contributed by atoms with Crippen LogP contribution >= 0.6 is 11.6 Å². The molecule has 25 heavy (non-hydrogen) atoms. The average Bonchev–Trinajstić information content (AvgIpc) is 2.62. The molecule has 0 saturated carbocycles. The number of rotatable bonds is 3. The van der Waals surface area contributed by atoms with Crippen LogP contribution < -0.4 is 9.64 Å². The first-order chi connectivity index (χ1) is 12.0. The van der Waals surface area contributed by atoms with Crippen LogP contribution in [0.5, 0.6) is 5.75 Å². The highest BCUT2D eigenvalue weighted by Crippen LogP contribution is 2.26. The topological polar surface area (TPSA) is 49.9 Å². The van der Waals surface area contributed by atoms with Crippen LogP contribution in [0.25, 0.3) is 0 Å². The maximum absolute atomic E-state index is 12.6. The molecule has 0 bridgehead atoms. The molecule has 0 spiro atoms. The summed E-state index contributed by atoms with van der Waals surface area (Å²) < 4.78 is 4.99. The maximum atomic E-state index is 12.6. The fourth-order valence-electron chi connectivity index (χ4n) is 2.87. The van der Waals surface area contributed by atoms with Crippen molar-refractivity contribution in [2.24, 2.45) is 0 Å². The molecule has 1 aliphatic rings. The molecule has 2 aromatic rings. The van der Waals surface area contributed by atoms with Crippen LogP contribution in [-0.4, -0.2) is 43.0 Å². The lowest BCUT2D eigenvalue weighted by Crippen LogP contribution is -2.48. The molecule has 1 aliphatic heterocycles. The third kappa shape index (κ3) is 4.12. The fourth-order valence-corrected chi connectivity index (χ4v) is 3.13. The number of para-hydroxylation sites is 1. The zero-order valence-corrected chi connectivity index (χ0v) is 14.7. The summed E-state index contributed by atoms with van der Waals surface area (Å²) in [6, 6.07) is 14.4. The highest BCUT2D eigenvalue weighted by atomic mass is 35.5. The van der Waals surface area contributed by atoms with Crippen LogP contribution in [0.1, 0.15) is 17.3 Å². The molecule has 0 unspecified atom stereocenters. The Morgan fingerprint density at radius 1 is 0.960 bits per heavy atom. The van der Waals surface area contributed by atoms with Crippen molar-refractivity contribution in [3.63, 3.8) is 0 Å². The van der Waals surface area contributed by atoms with E-state index in [9.17, 15) is 9.59 Å². The lowest BCUT2D eigenvalue weighted by atomic mass is 10.1. The van der Waals surface area contributed by atoms with Gasteiger partial charge in [0, 0.05) is 38.7 Å². The Morgan fingerprint density at radius 3 is 2.20 bits per heavy atom. The number of esters is 1. The van der Waals surface area contributed by atoms with Crippen LogP contribution in [0.4, 0.5) is 5.69 Å². The SMILES string of the molecule is CC(=O)Oc1ccc(C(=O)N2CCN(c3ccccc3Cl)CC2)cc1. The lowest BCUT2D eigenvalue weighted by Gasteiger charge is -2.36. The summed E-state index contributed by atoms with van der Waals surface area (Å²) in [5.41, 5.74) is 1.59. The van der Waals surface area contributed by atoms with Gasteiger partial charge in [0.25, 0.3) is 5.91 Å². The summed E-state index contributed by atoms with van der Waals surface area (Å²) in [7, 11) is 0. The minimum absolute atomic E-state index is 0.0202. The van der Waals surface area contributed by atoms with E-state index < -0.39 is 0 Å². The van der Waals surface area contributed by atoms with Gasteiger partial charge in [-0.25, -0.2) is 0 Å². The van der Waals surface area contributed by atoms with Gasteiger partial charge in [-0.3, -0.25) is 9.59 Å². The van der Waals surface area contributed by atoms with Crippen molar-refractivity contribution in [3.05, 3.63) is 59.1 Å². The van der Waals surface area contributed by atoms with E-state index in [-0.39, 0.29) is 11.9 Å². The first kappa shape index (κ1) is 17.3. The number of amides is 1. The van der Waals surface area contributed by atoms with E-state index >= 15 is 0 Å². The third-order valence-electron chi connectivity index (χ3n) is 4.12. The molecule has 0 radical (unpaired) electrons. The van der Waals surface area contributed by atoms with Crippen molar-refractivity contribution in [2.75, 3.05) is 31.1 Å². The number of nitrogens with zero attached hydrogens (tertiary/aromatic N) is 2. The van der Waals surface area contributed by atoms with E-state index in [1.807, 2.05) is 29.2 Å². The van der Waals surface area contributed by atoms with Crippen LogP contribution in [0.2, 0.25) is 5.02 Å². The number of hydrogen-bond donors (Lipinski definition) is 0. The van der Waals surface area contributed by atoms with Crippen LogP contribution in [-0.2, 0) is 4.79 Å². The van der Waals surface area contributed by atoms with Crippen molar-refractivity contribution in [3.8, 4) is 5.75 Å². The van der Waals surface area contributed by atoms with Crippen molar-refractivity contribution in [1.82, 2.24) is 4.90 Å². The Kier molecular flexibility index (Phi) is 5.24. The Hall–Kier alpha value is -2.53. The Labute approximate surface area is 151 Å². The monoisotopic (exact) mass is 358 g/mol. The fraction of sp³-hybridized carbons (Fsp3) is 0.263. The molecule has 2 aromatic carbocycles. The largest absolute Gasteiger partial charge is 0.427 e. The molecule has 130 valence electrons. The average molecular weight is 359 g/mol. The van der Waals surface area contributed by atoms with E-state index in [0.29, 0.717) is 24.4 Å². The highest BCUT2D eigenvalue weighted by molar-refractivity contribution is 6.33. The number of halogens is 1. The Morgan fingerprint density at radius 2 is 1.60 bits per heavy atom. The third-order valence-corrected chi connectivity index (χ3v) is 4.44. The van der Waals surface area contributed by atoms with Gasteiger partial charge in [-0.05, 0) is 36.4 Å². The number of carbonyl (C=O) groups is 2. The molecule has 1 fully saturated rings. The predicted octanol–water partition coefficient (Wildman–Crippen LogP) is 3.23. The standard InChI is InChI=1S/C19H19ClN2O3/c1-14(23)25-16-8-6-15(7-9-16)19(24)22-12-10-21(11-13-22)18-5-3-2-4-17(18)20/h2-9H,10-13H2,1H3. The van der Waals surface area contributed by atoms with Crippen molar-refractivity contribution >= 4 is 29.2 Å². The highest BCUT2D eigenvalue weighted by Gasteiger charge is 2.23. The van der Waals surface area contributed by atoms with Gasteiger partial charge in [0.15, 0.2) is 0 Å². The first-order valence-electron chi connectivity index (χ1n) is 8.12. The number of anilines is 1. The summed E-state index contributed by atoms with van der Waals surface area (Å²) in [6.07, 6.45) is 0. The number of piperazine rings is 1. The molecule has 1 saturated heterocycles. The molecular formula is C19H19ClN2O3. The summed E-state index contributed by atoms with van der Waals surface area (Å²) in [5, 5.41) is 0.725. The van der Waals surface area contributed by atoms with E-state index in [0.717, 1.165) is 23.8 Å². The van der Waals surface area contributed by atoms with Gasteiger partial charge in [-0.1, -0.05) is 23.7 Å². The molecule has 0 N–H and O–H groups in total. The maximum Gasteiger partial charge on any atom is 0.308 e. The second-order valence-electron chi connectivity index (χ2n) is 5.85. The van der Waals surface area contributed by atoms with Crippen LogP contribution in [0.3, 0.4) is 0 Å². The van der Waals surface area contributed by atoms with Crippen molar-refractivity contribution in [2.45, 2.75) is 6.92 Å². The summed E-state index contributed by atoms with van der Waals surface area (Å²) in [5.74, 6) is 0.0375. The van der Waals surface area contributed by atoms with Crippen LogP contribution in [0, 0.1) is 0 Å². The number of hydrogen-bond acceptors (Lipinski definition) is 4. The van der Waals surface area contributed by atoms with Gasteiger partial charge in [-0.2, -0.15) is 0 Å². The predicted molar refractivity (Wildman–Crippen MR) is 97.3 cm³/mol. The van der Waals surface area contributed by atoms with E-state index in [1.165, 1.54) is 6.92 Å². The summed E-state index contributed by atoms with van der Waals surface area (Å²) in [6.45, 7) is 4.09. The second kappa shape index (κ2) is 7.57. The van der Waals surface area contributed by atoms with Crippen LogP contribution in [0.15, 0.2) is 48.5 Å². The number of benzene rings is 2. The van der Waals surface area contributed by atoms with Gasteiger partial charge < -0.3 is 14.5 Å². The Bertz CT molecular complexity index is 768. The van der Waals surface area contributed by atoms with E-state index in [1.54, 1.807) is 24.3 Å². The van der Waals surface area contributed by atoms with Crippen molar-refractivity contribution < 1.29 is 14.3 Å². The first-order valence-corrected chi connectivity index (χ1v) is 8.49.